The summed E-state index contributed by atoms with van der Waals surface area (Å²) in [6.45, 7) is 5.10. The van der Waals surface area contributed by atoms with Crippen LogP contribution in [0.5, 0.6) is 0 Å². The van der Waals surface area contributed by atoms with Crippen LogP contribution in [0.1, 0.15) is 28.8 Å². The van der Waals surface area contributed by atoms with Gasteiger partial charge >= 0.3 is 0 Å². The number of nitrogens with zero attached hydrogens (tertiary/aromatic N) is 3. The Balaban J connectivity index is 1.33. The van der Waals surface area contributed by atoms with Gasteiger partial charge in [0.25, 0.3) is 5.91 Å². The Morgan fingerprint density at radius 3 is 2.48 bits per heavy atom. The number of carbonyl (C=O) groups excluding carboxylic acids is 2. The van der Waals surface area contributed by atoms with Gasteiger partial charge in [-0.2, -0.15) is 11.8 Å². The molecule has 8 heteroatoms. The zero-order valence-electron chi connectivity index (χ0n) is 17.6. The van der Waals surface area contributed by atoms with Gasteiger partial charge in [-0.1, -0.05) is 11.6 Å². The lowest BCUT2D eigenvalue weighted by molar-refractivity contribution is -0.120. The van der Waals surface area contributed by atoms with Crippen molar-refractivity contribution < 1.29 is 9.59 Å². The standard InChI is InChI=1S/C23H27ClN4O2S/c1-16-14-18(23(30)28-10-12-31-13-11-28)2-4-20(16)26-22(29)17-6-8-27(9-7-17)21-5-3-19(24)15-25-21/h2-5,14-15,17H,6-13H2,1H3,(H,26,29). The van der Waals surface area contributed by atoms with Gasteiger partial charge in [0.2, 0.25) is 5.91 Å². The minimum absolute atomic E-state index is 0.0323. The number of rotatable bonds is 4. The Morgan fingerprint density at radius 2 is 1.84 bits per heavy atom. The van der Waals surface area contributed by atoms with E-state index in [-0.39, 0.29) is 17.7 Å². The first-order valence-electron chi connectivity index (χ1n) is 10.7. The maximum absolute atomic E-state index is 12.8. The summed E-state index contributed by atoms with van der Waals surface area (Å²) in [6.07, 6.45) is 3.20. The number of aromatic nitrogens is 1. The Labute approximate surface area is 192 Å². The topological polar surface area (TPSA) is 65.5 Å². The molecular weight excluding hydrogens is 432 g/mol. The number of halogens is 1. The van der Waals surface area contributed by atoms with Gasteiger partial charge < -0.3 is 15.1 Å². The summed E-state index contributed by atoms with van der Waals surface area (Å²) >= 11 is 7.80. The summed E-state index contributed by atoms with van der Waals surface area (Å²) in [6, 6.07) is 9.31. The van der Waals surface area contributed by atoms with Crippen molar-refractivity contribution in [1.29, 1.82) is 0 Å². The van der Waals surface area contributed by atoms with Crippen LogP contribution in [0.25, 0.3) is 0 Å². The third-order valence-electron chi connectivity index (χ3n) is 5.93. The second-order valence-corrected chi connectivity index (χ2v) is 9.68. The summed E-state index contributed by atoms with van der Waals surface area (Å²) in [7, 11) is 0. The van der Waals surface area contributed by atoms with Gasteiger partial charge in [-0.15, -0.1) is 0 Å². The molecule has 2 amide bonds. The molecule has 6 nitrogen and oxygen atoms in total. The average Bonchev–Trinajstić information content (AvgIpc) is 2.81. The molecule has 0 bridgehead atoms. The van der Waals surface area contributed by atoms with Crippen LogP contribution in [0, 0.1) is 12.8 Å². The van der Waals surface area contributed by atoms with E-state index in [1.165, 1.54) is 0 Å². The summed E-state index contributed by atoms with van der Waals surface area (Å²) in [4.78, 5) is 34.0. The fourth-order valence-electron chi connectivity index (χ4n) is 4.05. The molecule has 1 aromatic heterocycles. The highest BCUT2D eigenvalue weighted by Crippen LogP contribution is 2.25. The zero-order chi connectivity index (χ0) is 21.8. The summed E-state index contributed by atoms with van der Waals surface area (Å²) in [5.74, 6) is 2.96. The van der Waals surface area contributed by atoms with E-state index < -0.39 is 0 Å². The number of aryl methyl sites for hydroxylation is 1. The fourth-order valence-corrected chi connectivity index (χ4v) is 5.06. The van der Waals surface area contributed by atoms with E-state index in [2.05, 4.69) is 15.2 Å². The number of pyridine rings is 1. The zero-order valence-corrected chi connectivity index (χ0v) is 19.2. The molecule has 31 heavy (non-hydrogen) atoms. The normalized spacial score (nSPS) is 17.5. The van der Waals surface area contributed by atoms with Gasteiger partial charge in [0.1, 0.15) is 5.82 Å². The highest BCUT2D eigenvalue weighted by molar-refractivity contribution is 7.99. The van der Waals surface area contributed by atoms with Crippen molar-refractivity contribution in [3.63, 3.8) is 0 Å². The predicted molar refractivity (Wildman–Crippen MR) is 127 cm³/mol. The van der Waals surface area contributed by atoms with E-state index in [9.17, 15) is 9.59 Å². The van der Waals surface area contributed by atoms with Crippen LogP contribution in [0.15, 0.2) is 36.5 Å². The van der Waals surface area contributed by atoms with E-state index in [1.54, 1.807) is 6.20 Å². The third-order valence-corrected chi connectivity index (χ3v) is 7.10. The SMILES string of the molecule is Cc1cc(C(=O)N2CCSCC2)ccc1NC(=O)C1CCN(c2ccc(Cl)cn2)CC1. The van der Waals surface area contributed by atoms with Gasteiger partial charge in [0.05, 0.1) is 5.02 Å². The lowest BCUT2D eigenvalue weighted by Gasteiger charge is -2.32. The van der Waals surface area contributed by atoms with E-state index >= 15 is 0 Å². The summed E-state index contributed by atoms with van der Waals surface area (Å²) in [5, 5.41) is 3.69. The number of benzene rings is 1. The molecule has 0 radical (unpaired) electrons. The summed E-state index contributed by atoms with van der Waals surface area (Å²) in [5.41, 5.74) is 2.37. The Hall–Kier alpha value is -2.25. The monoisotopic (exact) mass is 458 g/mol. The molecule has 0 saturated carbocycles. The molecule has 0 spiro atoms. The van der Waals surface area contributed by atoms with Crippen LogP contribution in [0.2, 0.25) is 5.02 Å². The van der Waals surface area contributed by atoms with Crippen LogP contribution in [-0.2, 0) is 4.79 Å². The number of carbonyl (C=O) groups is 2. The first-order valence-corrected chi connectivity index (χ1v) is 12.2. The number of amides is 2. The smallest absolute Gasteiger partial charge is 0.253 e. The Morgan fingerprint density at radius 1 is 1.10 bits per heavy atom. The molecular formula is C23H27ClN4O2S. The maximum atomic E-state index is 12.8. The Bertz CT molecular complexity index is 939. The molecule has 0 atom stereocenters. The van der Waals surface area contributed by atoms with E-state index in [0.29, 0.717) is 10.6 Å². The number of anilines is 2. The quantitative estimate of drug-likeness (QED) is 0.747. The molecule has 4 rings (SSSR count). The molecule has 2 aliphatic heterocycles. The highest BCUT2D eigenvalue weighted by Gasteiger charge is 2.26. The first kappa shape index (κ1) is 22.0. The van der Waals surface area contributed by atoms with E-state index in [0.717, 1.165) is 67.6 Å². The van der Waals surface area contributed by atoms with Crippen LogP contribution >= 0.6 is 23.4 Å². The molecule has 2 fully saturated rings. The van der Waals surface area contributed by atoms with Crippen LogP contribution in [0.4, 0.5) is 11.5 Å². The molecule has 2 aromatic rings. The van der Waals surface area contributed by atoms with Gasteiger partial charge in [0, 0.05) is 61.1 Å². The Kier molecular flexibility index (Phi) is 7.02. The minimum Gasteiger partial charge on any atom is -0.357 e. The number of thioether (sulfide) groups is 1. The van der Waals surface area contributed by atoms with Crippen molar-refractivity contribution in [2.24, 2.45) is 5.92 Å². The molecule has 3 heterocycles. The van der Waals surface area contributed by atoms with Crippen LogP contribution in [0.3, 0.4) is 0 Å². The van der Waals surface area contributed by atoms with Crippen LogP contribution in [-0.4, -0.2) is 59.4 Å². The molecule has 0 unspecified atom stereocenters. The molecule has 1 N–H and O–H groups in total. The van der Waals surface area contributed by atoms with Crippen molar-refractivity contribution in [2.45, 2.75) is 19.8 Å². The van der Waals surface area contributed by atoms with Crippen molar-refractivity contribution in [3.8, 4) is 0 Å². The number of nitrogens with one attached hydrogen (secondary N) is 1. The molecule has 2 saturated heterocycles. The molecule has 1 aromatic carbocycles. The predicted octanol–water partition coefficient (Wildman–Crippen LogP) is 4.09. The minimum atomic E-state index is -0.0323. The highest BCUT2D eigenvalue weighted by atomic mass is 35.5. The number of hydrogen-bond acceptors (Lipinski definition) is 5. The first-order chi connectivity index (χ1) is 15.0. The number of piperidine rings is 1. The van der Waals surface area contributed by atoms with Crippen molar-refractivity contribution >= 4 is 46.7 Å². The molecule has 2 aliphatic rings. The fraction of sp³-hybridized carbons (Fsp3) is 0.435. The second-order valence-electron chi connectivity index (χ2n) is 8.02. The molecule has 164 valence electrons. The lowest BCUT2D eigenvalue weighted by atomic mass is 9.95. The van der Waals surface area contributed by atoms with Crippen LogP contribution < -0.4 is 10.2 Å². The lowest BCUT2D eigenvalue weighted by Crippen LogP contribution is -2.38. The van der Waals surface area contributed by atoms with E-state index in [1.807, 2.05) is 53.9 Å². The summed E-state index contributed by atoms with van der Waals surface area (Å²) < 4.78 is 0. The van der Waals surface area contributed by atoms with Crippen molar-refractivity contribution in [2.75, 3.05) is 47.9 Å². The third kappa shape index (κ3) is 5.33. The number of hydrogen-bond donors (Lipinski definition) is 1. The van der Waals surface area contributed by atoms with Crippen molar-refractivity contribution in [1.82, 2.24) is 9.88 Å². The van der Waals surface area contributed by atoms with E-state index in [4.69, 9.17) is 11.6 Å². The largest absolute Gasteiger partial charge is 0.357 e. The van der Waals surface area contributed by atoms with Gasteiger partial charge in [0.15, 0.2) is 0 Å². The van der Waals surface area contributed by atoms with Gasteiger partial charge in [-0.3, -0.25) is 9.59 Å². The maximum Gasteiger partial charge on any atom is 0.253 e. The second kappa shape index (κ2) is 9.92. The average molecular weight is 459 g/mol. The van der Waals surface area contributed by atoms with Gasteiger partial charge in [-0.05, 0) is 55.7 Å². The molecule has 0 aliphatic carbocycles. The van der Waals surface area contributed by atoms with Crippen molar-refractivity contribution in [3.05, 3.63) is 52.7 Å². The van der Waals surface area contributed by atoms with Gasteiger partial charge in [-0.25, -0.2) is 4.98 Å².